The van der Waals surface area contributed by atoms with Gasteiger partial charge in [0.2, 0.25) is 0 Å². The van der Waals surface area contributed by atoms with E-state index in [0.717, 1.165) is 12.2 Å². The van der Waals surface area contributed by atoms with E-state index in [2.05, 4.69) is 24.1 Å². The van der Waals surface area contributed by atoms with Gasteiger partial charge >= 0.3 is 0 Å². The lowest BCUT2D eigenvalue weighted by molar-refractivity contribution is -0.0123. The van der Waals surface area contributed by atoms with E-state index in [0.29, 0.717) is 11.8 Å². The van der Waals surface area contributed by atoms with Gasteiger partial charge in [0.15, 0.2) is 0 Å². The van der Waals surface area contributed by atoms with Gasteiger partial charge in [0.25, 0.3) is 0 Å². The van der Waals surface area contributed by atoms with Crippen LogP contribution in [0.1, 0.15) is 33.4 Å². The van der Waals surface area contributed by atoms with Gasteiger partial charge in [0, 0.05) is 12.6 Å². The molecule has 1 heterocycles. The van der Waals surface area contributed by atoms with Crippen molar-refractivity contribution in [3.8, 4) is 5.75 Å². The van der Waals surface area contributed by atoms with E-state index >= 15 is 0 Å². The fraction of sp³-hybridized carbons (Fsp3) is 0.667. The summed E-state index contributed by atoms with van der Waals surface area (Å²) in [4.78, 5) is 4.30. The second kappa shape index (κ2) is 8.89. The van der Waals surface area contributed by atoms with Gasteiger partial charge in [-0.2, -0.15) is 0 Å². The first-order valence-electron chi connectivity index (χ1n) is 7.08. The Morgan fingerprint density at radius 3 is 2.50 bits per heavy atom. The van der Waals surface area contributed by atoms with Gasteiger partial charge in [0.05, 0.1) is 24.6 Å². The summed E-state index contributed by atoms with van der Waals surface area (Å²) in [5.74, 6) is 0.655. The monoisotopic (exact) mass is 282 g/mol. The van der Waals surface area contributed by atoms with E-state index in [-0.39, 0.29) is 19.3 Å². The minimum atomic E-state index is -0.625. The number of aliphatic hydroxyl groups excluding tert-OH is 1. The van der Waals surface area contributed by atoms with Crippen molar-refractivity contribution in [2.45, 2.75) is 52.5 Å². The highest BCUT2D eigenvalue weighted by atomic mass is 16.5. The molecule has 1 rings (SSSR count). The summed E-state index contributed by atoms with van der Waals surface area (Å²) in [5.41, 5.74) is 0.967. The largest absolute Gasteiger partial charge is 0.489 e. The summed E-state index contributed by atoms with van der Waals surface area (Å²) in [7, 11) is 0. The second-order valence-electron chi connectivity index (χ2n) is 5.37. The number of rotatable bonds is 9. The van der Waals surface area contributed by atoms with E-state index in [1.807, 2.05) is 26.0 Å². The molecule has 1 unspecified atom stereocenters. The molecular formula is C15H26N2O3. The molecule has 0 aliphatic heterocycles. The third kappa shape index (κ3) is 7.43. The number of ether oxygens (including phenoxy) is 2. The van der Waals surface area contributed by atoms with Crippen LogP contribution in [-0.4, -0.2) is 41.6 Å². The Kier molecular flexibility index (Phi) is 7.51. The van der Waals surface area contributed by atoms with Crippen molar-refractivity contribution in [1.82, 2.24) is 10.3 Å². The van der Waals surface area contributed by atoms with Crippen LogP contribution in [0.4, 0.5) is 0 Å². The first-order chi connectivity index (χ1) is 9.47. The predicted octanol–water partition coefficient (Wildman–Crippen LogP) is 1.74. The Hall–Kier alpha value is -1.17. The van der Waals surface area contributed by atoms with E-state index in [9.17, 15) is 5.11 Å². The van der Waals surface area contributed by atoms with Gasteiger partial charge in [0.1, 0.15) is 18.5 Å². The summed E-state index contributed by atoms with van der Waals surface area (Å²) in [6.07, 6.45) is 1.16. The zero-order chi connectivity index (χ0) is 15.0. The quantitative estimate of drug-likeness (QED) is 0.722. The van der Waals surface area contributed by atoms with Crippen molar-refractivity contribution >= 4 is 0 Å². The molecule has 0 aromatic carbocycles. The molecule has 0 amide bonds. The van der Waals surface area contributed by atoms with Gasteiger partial charge in [-0.25, -0.2) is 0 Å². The minimum Gasteiger partial charge on any atom is -0.489 e. The molecule has 5 heteroatoms. The van der Waals surface area contributed by atoms with Crippen LogP contribution in [0.5, 0.6) is 5.75 Å². The van der Waals surface area contributed by atoms with Crippen LogP contribution >= 0.6 is 0 Å². The zero-order valence-corrected chi connectivity index (χ0v) is 12.8. The highest BCUT2D eigenvalue weighted by Crippen LogP contribution is 2.09. The molecule has 0 spiro atoms. The molecule has 1 aromatic heterocycles. The Morgan fingerprint density at radius 1 is 1.20 bits per heavy atom. The maximum absolute atomic E-state index is 9.68. The molecule has 2 N–H and O–H groups in total. The topological polar surface area (TPSA) is 63.6 Å². The van der Waals surface area contributed by atoms with Crippen molar-refractivity contribution in [3.63, 3.8) is 0 Å². The molecule has 1 atom stereocenters. The molecule has 5 nitrogen and oxygen atoms in total. The number of nitrogens with zero attached hydrogens (tertiary/aromatic N) is 1. The Morgan fingerprint density at radius 2 is 1.95 bits per heavy atom. The molecule has 114 valence electrons. The standard InChI is InChI=1S/C15H26N2O3/c1-11(2)16-7-13-5-6-15(8-17-13)20-10-14(18)9-19-12(3)4/h5-6,8,11-12,14,16,18H,7,9-10H2,1-4H3. The van der Waals surface area contributed by atoms with Crippen LogP contribution in [0.2, 0.25) is 0 Å². The molecular weight excluding hydrogens is 256 g/mol. The molecule has 0 bridgehead atoms. The van der Waals surface area contributed by atoms with E-state index in [1.54, 1.807) is 6.20 Å². The minimum absolute atomic E-state index is 0.110. The van der Waals surface area contributed by atoms with Gasteiger partial charge in [-0.15, -0.1) is 0 Å². The molecule has 1 aromatic rings. The number of nitrogens with one attached hydrogen (secondary N) is 1. The Labute approximate surface area is 121 Å². The van der Waals surface area contributed by atoms with E-state index < -0.39 is 6.10 Å². The third-order valence-electron chi connectivity index (χ3n) is 2.55. The van der Waals surface area contributed by atoms with Crippen LogP contribution in [0.3, 0.4) is 0 Å². The maximum atomic E-state index is 9.68. The van der Waals surface area contributed by atoms with Gasteiger partial charge in [-0.05, 0) is 26.0 Å². The van der Waals surface area contributed by atoms with E-state index in [1.165, 1.54) is 0 Å². The molecule has 0 saturated carbocycles. The number of pyridine rings is 1. The summed E-state index contributed by atoms with van der Waals surface area (Å²) in [6.45, 7) is 9.28. The SMILES string of the molecule is CC(C)NCc1ccc(OCC(O)COC(C)C)cn1. The summed E-state index contributed by atoms with van der Waals surface area (Å²) in [6, 6.07) is 4.21. The lowest BCUT2D eigenvalue weighted by Crippen LogP contribution is -2.25. The predicted molar refractivity (Wildman–Crippen MR) is 78.8 cm³/mol. The van der Waals surface area contributed by atoms with Gasteiger partial charge in [-0.3, -0.25) is 4.98 Å². The van der Waals surface area contributed by atoms with Crippen molar-refractivity contribution in [2.75, 3.05) is 13.2 Å². The van der Waals surface area contributed by atoms with Crippen molar-refractivity contribution < 1.29 is 14.6 Å². The molecule has 0 fully saturated rings. The van der Waals surface area contributed by atoms with Crippen LogP contribution in [0.25, 0.3) is 0 Å². The number of aliphatic hydroxyl groups is 1. The summed E-state index contributed by atoms with van der Waals surface area (Å²) in [5, 5.41) is 13.0. The highest BCUT2D eigenvalue weighted by molar-refractivity contribution is 5.19. The van der Waals surface area contributed by atoms with Crippen LogP contribution in [0, 0.1) is 0 Å². The average Bonchev–Trinajstić information content (AvgIpc) is 2.41. The van der Waals surface area contributed by atoms with Crippen LogP contribution in [0.15, 0.2) is 18.3 Å². The van der Waals surface area contributed by atoms with Crippen molar-refractivity contribution in [3.05, 3.63) is 24.0 Å². The fourth-order valence-corrected chi connectivity index (χ4v) is 1.45. The average molecular weight is 282 g/mol. The van der Waals surface area contributed by atoms with Crippen molar-refractivity contribution in [2.24, 2.45) is 0 Å². The lowest BCUT2D eigenvalue weighted by Gasteiger charge is -2.14. The smallest absolute Gasteiger partial charge is 0.137 e. The number of hydrogen-bond acceptors (Lipinski definition) is 5. The molecule has 0 radical (unpaired) electrons. The fourth-order valence-electron chi connectivity index (χ4n) is 1.45. The van der Waals surface area contributed by atoms with E-state index in [4.69, 9.17) is 9.47 Å². The first kappa shape index (κ1) is 16.9. The number of hydrogen-bond donors (Lipinski definition) is 2. The number of aromatic nitrogens is 1. The van der Waals surface area contributed by atoms with Gasteiger partial charge < -0.3 is 19.9 Å². The molecule has 20 heavy (non-hydrogen) atoms. The lowest BCUT2D eigenvalue weighted by atomic mass is 10.3. The Balaban J connectivity index is 2.30. The zero-order valence-electron chi connectivity index (χ0n) is 12.8. The third-order valence-corrected chi connectivity index (χ3v) is 2.55. The van der Waals surface area contributed by atoms with Crippen LogP contribution < -0.4 is 10.1 Å². The molecule has 0 saturated heterocycles. The maximum Gasteiger partial charge on any atom is 0.137 e. The second-order valence-corrected chi connectivity index (χ2v) is 5.37. The van der Waals surface area contributed by atoms with Gasteiger partial charge in [-0.1, -0.05) is 13.8 Å². The molecule has 0 aliphatic carbocycles. The highest BCUT2D eigenvalue weighted by Gasteiger charge is 2.07. The Bertz CT molecular complexity index is 366. The summed E-state index contributed by atoms with van der Waals surface area (Å²) < 4.78 is 10.8. The van der Waals surface area contributed by atoms with Crippen LogP contribution in [-0.2, 0) is 11.3 Å². The first-order valence-corrected chi connectivity index (χ1v) is 7.08. The normalized spacial score (nSPS) is 12.9. The molecule has 0 aliphatic rings. The summed E-state index contributed by atoms with van der Waals surface area (Å²) >= 11 is 0. The van der Waals surface area contributed by atoms with Crippen molar-refractivity contribution in [1.29, 1.82) is 0 Å².